The van der Waals surface area contributed by atoms with E-state index in [2.05, 4.69) is 4.74 Å². The van der Waals surface area contributed by atoms with Gasteiger partial charge in [0.05, 0.1) is 17.6 Å². The first-order chi connectivity index (χ1) is 7.47. The van der Waals surface area contributed by atoms with Crippen molar-refractivity contribution in [2.75, 3.05) is 6.61 Å². The maximum absolute atomic E-state index is 13.4. The number of ether oxygens (including phenoxy) is 1. The molecule has 0 aliphatic heterocycles. The van der Waals surface area contributed by atoms with E-state index in [0.29, 0.717) is 12.1 Å². The number of carbonyl (C=O) groups excluding carboxylic acids is 1. The molecule has 1 rings (SSSR count). The Balaban J connectivity index is 3.29. The lowest BCUT2D eigenvalue weighted by Crippen LogP contribution is -2.09. The van der Waals surface area contributed by atoms with E-state index < -0.39 is 33.8 Å². The Morgan fingerprint density at radius 2 is 2.12 bits per heavy atom. The lowest BCUT2D eigenvalue weighted by atomic mass is 10.2. The minimum Gasteiger partial charge on any atom is -0.462 e. The zero-order valence-electron chi connectivity index (χ0n) is 8.20. The average molecular weight is 231 g/mol. The van der Waals surface area contributed by atoms with Crippen molar-refractivity contribution in [2.24, 2.45) is 0 Å². The fourth-order valence-electron chi connectivity index (χ4n) is 1.07. The van der Waals surface area contributed by atoms with Gasteiger partial charge in [-0.25, -0.2) is 9.18 Å². The minimum atomic E-state index is -1.40. The molecule has 0 unspecified atom stereocenters. The fraction of sp³-hybridized carbons (Fsp3) is 0.222. The molecule has 0 aliphatic rings. The number of nitro benzene ring substituents is 1. The average Bonchev–Trinajstić information content (AvgIpc) is 2.20. The van der Waals surface area contributed by atoms with Gasteiger partial charge >= 0.3 is 11.7 Å². The summed E-state index contributed by atoms with van der Waals surface area (Å²) in [5.41, 5.74) is -1.88. The second kappa shape index (κ2) is 4.65. The van der Waals surface area contributed by atoms with Crippen molar-refractivity contribution in [3.8, 4) is 0 Å². The first-order valence-electron chi connectivity index (χ1n) is 4.28. The molecule has 16 heavy (non-hydrogen) atoms. The van der Waals surface area contributed by atoms with Crippen molar-refractivity contribution < 1.29 is 23.2 Å². The molecular formula is C9H7F2NO4. The molecule has 0 aliphatic carbocycles. The van der Waals surface area contributed by atoms with Gasteiger partial charge in [-0.1, -0.05) is 0 Å². The summed E-state index contributed by atoms with van der Waals surface area (Å²) >= 11 is 0. The number of hydrogen-bond donors (Lipinski definition) is 0. The van der Waals surface area contributed by atoms with Crippen molar-refractivity contribution in [3.63, 3.8) is 0 Å². The number of halogens is 2. The van der Waals surface area contributed by atoms with E-state index in [0.717, 1.165) is 0 Å². The number of nitro groups is 1. The predicted molar refractivity (Wildman–Crippen MR) is 49.0 cm³/mol. The highest BCUT2D eigenvalue weighted by Crippen LogP contribution is 2.22. The Bertz CT molecular complexity index is 447. The summed E-state index contributed by atoms with van der Waals surface area (Å²) in [6, 6.07) is 0.957. The molecule has 86 valence electrons. The van der Waals surface area contributed by atoms with Gasteiger partial charge in [-0.05, 0) is 13.0 Å². The van der Waals surface area contributed by atoms with Crippen LogP contribution in [0.25, 0.3) is 0 Å². The topological polar surface area (TPSA) is 69.4 Å². The van der Waals surface area contributed by atoms with Crippen LogP contribution in [0, 0.1) is 21.7 Å². The molecule has 1 aromatic rings. The lowest BCUT2D eigenvalue weighted by Gasteiger charge is -2.03. The van der Waals surface area contributed by atoms with Crippen LogP contribution in [0.5, 0.6) is 0 Å². The van der Waals surface area contributed by atoms with Crippen LogP contribution in [0.3, 0.4) is 0 Å². The Labute approximate surface area is 88.8 Å². The zero-order valence-corrected chi connectivity index (χ0v) is 8.20. The Kier molecular flexibility index (Phi) is 3.49. The van der Waals surface area contributed by atoms with Crippen LogP contribution in [0.15, 0.2) is 12.1 Å². The van der Waals surface area contributed by atoms with E-state index in [4.69, 9.17) is 0 Å². The largest absolute Gasteiger partial charge is 0.462 e. The molecule has 0 aromatic heterocycles. The molecule has 5 nitrogen and oxygen atoms in total. The summed E-state index contributed by atoms with van der Waals surface area (Å²) in [5.74, 6) is -3.61. The van der Waals surface area contributed by atoms with Crippen molar-refractivity contribution in [1.82, 2.24) is 0 Å². The second-order valence-corrected chi connectivity index (χ2v) is 2.76. The molecule has 7 heteroatoms. The lowest BCUT2D eigenvalue weighted by molar-refractivity contribution is -0.387. The number of esters is 1. The van der Waals surface area contributed by atoms with Gasteiger partial charge in [0.15, 0.2) is 0 Å². The fourth-order valence-corrected chi connectivity index (χ4v) is 1.07. The third-order valence-electron chi connectivity index (χ3n) is 1.71. The Hall–Kier alpha value is -2.05. The van der Waals surface area contributed by atoms with Crippen molar-refractivity contribution >= 4 is 11.7 Å². The van der Waals surface area contributed by atoms with Gasteiger partial charge in [0, 0.05) is 0 Å². The molecule has 0 N–H and O–H groups in total. The van der Waals surface area contributed by atoms with E-state index in [1.165, 1.54) is 6.92 Å². The van der Waals surface area contributed by atoms with Gasteiger partial charge in [0.2, 0.25) is 5.82 Å². The van der Waals surface area contributed by atoms with E-state index >= 15 is 0 Å². The smallest absolute Gasteiger partial charge is 0.341 e. The summed E-state index contributed by atoms with van der Waals surface area (Å²) in [5, 5.41) is 10.4. The third-order valence-corrected chi connectivity index (χ3v) is 1.71. The van der Waals surface area contributed by atoms with Crippen LogP contribution in [-0.4, -0.2) is 17.5 Å². The maximum atomic E-state index is 13.4. The monoisotopic (exact) mass is 231 g/mol. The molecule has 0 amide bonds. The van der Waals surface area contributed by atoms with Gasteiger partial charge in [0.25, 0.3) is 0 Å². The Morgan fingerprint density at radius 3 is 2.62 bits per heavy atom. The van der Waals surface area contributed by atoms with Gasteiger partial charge < -0.3 is 4.74 Å². The van der Waals surface area contributed by atoms with Gasteiger partial charge in [0.1, 0.15) is 11.4 Å². The molecule has 0 radical (unpaired) electrons. The van der Waals surface area contributed by atoms with Crippen molar-refractivity contribution in [1.29, 1.82) is 0 Å². The normalized spacial score (nSPS) is 9.94. The van der Waals surface area contributed by atoms with Gasteiger partial charge in [-0.3, -0.25) is 10.1 Å². The summed E-state index contributed by atoms with van der Waals surface area (Å²) in [6.07, 6.45) is 0. The van der Waals surface area contributed by atoms with Crippen LogP contribution in [-0.2, 0) is 4.74 Å². The number of hydrogen-bond acceptors (Lipinski definition) is 4. The number of benzene rings is 1. The van der Waals surface area contributed by atoms with Gasteiger partial charge in [-0.2, -0.15) is 4.39 Å². The minimum absolute atomic E-state index is 0.0391. The first-order valence-corrected chi connectivity index (χ1v) is 4.28. The van der Waals surface area contributed by atoms with Crippen LogP contribution >= 0.6 is 0 Å². The van der Waals surface area contributed by atoms with Crippen molar-refractivity contribution in [3.05, 3.63) is 39.4 Å². The zero-order chi connectivity index (χ0) is 12.3. The van der Waals surface area contributed by atoms with Crippen LogP contribution in [0.1, 0.15) is 17.3 Å². The number of rotatable bonds is 3. The molecule has 0 fully saturated rings. The predicted octanol–water partition coefficient (Wildman–Crippen LogP) is 2.05. The molecule has 0 saturated carbocycles. The quantitative estimate of drug-likeness (QED) is 0.453. The summed E-state index contributed by atoms with van der Waals surface area (Å²) in [6.45, 7) is 1.44. The van der Waals surface area contributed by atoms with E-state index in [-0.39, 0.29) is 6.61 Å². The van der Waals surface area contributed by atoms with E-state index in [1.54, 1.807) is 0 Å². The van der Waals surface area contributed by atoms with E-state index in [9.17, 15) is 23.7 Å². The third kappa shape index (κ3) is 2.30. The second-order valence-electron chi connectivity index (χ2n) is 2.76. The molecule has 0 heterocycles. The summed E-state index contributed by atoms with van der Waals surface area (Å²) in [7, 11) is 0. The molecule has 0 atom stereocenters. The van der Waals surface area contributed by atoms with Crippen LogP contribution in [0.2, 0.25) is 0 Å². The number of nitrogens with zero attached hydrogens (tertiary/aromatic N) is 1. The molecule has 0 bridgehead atoms. The first kappa shape index (κ1) is 12.0. The molecule has 0 saturated heterocycles. The molecular weight excluding hydrogens is 224 g/mol. The SMILES string of the molecule is CCOC(=O)c1cc(F)cc([N+](=O)[O-])c1F. The summed E-state index contributed by atoms with van der Waals surface area (Å²) < 4.78 is 30.7. The summed E-state index contributed by atoms with van der Waals surface area (Å²) in [4.78, 5) is 20.4. The van der Waals surface area contributed by atoms with Crippen molar-refractivity contribution in [2.45, 2.75) is 6.92 Å². The van der Waals surface area contributed by atoms with Gasteiger partial charge in [-0.15, -0.1) is 0 Å². The highest BCUT2D eigenvalue weighted by molar-refractivity contribution is 5.90. The van der Waals surface area contributed by atoms with E-state index in [1.807, 2.05) is 0 Å². The maximum Gasteiger partial charge on any atom is 0.341 e. The highest BCUT2D eigenvalue weighted by Gasteiger charge is 2.24. The van der Waals surface area contributed by atoms with Crippen LogP contribution in [0.4, 0.5) is 14.5 Å². The van der Waals surface area contributed by atoms with Crippen LogP contribution < -0.4 is 0 Å². The molecule has 0 spiro atoms. The highest BCUT2D eigenvalue weighted by atomic mass is 19.1. The Morgan fingerprint density at radius 1 is 1.50 bits per heavy atom. The molecule has 1 aromatic carbocycles. The standard InChI is InChI=1S/C9H7F2NO4/c1-2-16-9(13)6-3-5(10)4-7(8(6)11)12(14)15/h3-4H,2H2,1H3. The number of carbonyl (C=O) groups is 1.